The van der Waals surface area contributed by atoms with Crippen LogP contribution in [0.15, 0.2) is 18.2 Å². The third kappa shape index (κ3) is 2.14. The Bertz CT molecular complexity index is 398. The summed E-state index contributed by atoms with van der Waals surface area (Å²) < 4.78 is 23.4. The predicted octanol–water partition coefficient (Wildman–Crippen LogP) is 1.02. The van der Waals surface area contributed by atoms with Crippen molar-refractivity contribution >= 4 is 5.91 Å². The lowest BCUT2D eigenvalue weighted by Crippen LogP contribution is -2.38. The zero-order valence-electron chi connectivity index (χ0n) is 8.83. The molecule has 1 N–H and O–H groups in total. The minimum absolute atomic E-state index is 0.0190. The Morgan fingerprint density at radius 2 is 2.38 bits per heavy atom. The number of halogens is 1. The number of benzene rings is 1. The summed E-state index contributed by atoms with van der Waals surface area (Å²) in [5.74, 6) is -0.0704. The van der Waals surface area contributed by atoms with Crippen molar-refractivity contribution in [3.63, 3.8) is 0 Å². The van der Waals surface area contributed by atoms with Gasteiger partial charge in [0.05, 0.1) is 7.11 Å². The van der Waals surface area contributed by atoms with Crippen molar-refractivity contribution in [3.05, 3.63) is 29.6 Å². The first-order chi connectivity index (χ1) is 7.70. The highest BCUT2D eigenvalue weighted by Crippen LogP contribution is 2.29. The smallest absolute Gasteiger partial charge is 0.246 e. The quantitative estimate of drug-likeness (QED) is 0.817. The van der Waals surface area contributed by atoms with Crippen molar-refractivity contribution < 1.29 is 18.7 Å². The summed E-state index contributed by atoms with van der Waals surface area (Å²) in [6.07, 6.45) is -0.284. The second-order valence-electron chi connectivity index (χ2n) is 3.49. The lowest BCUT2D eigenvalue weighted by Gasteiger charge is -2.24. The number of methoxy groups -OCH3 is 1. The van der Waals surface area contributed by atoms with Crippen LogP contribution in [0.1, 0.15) is 11.7 Å². The molecule has 1 aliphatic rings. The van der Waals surface area contributed by atoms with E-state index in [2.05, 4.69) is 5.32 Å². The van der Waals surface area contributed by atoms with Crippen LogP contribution in [0.5, 0.6) is 5.75 Å². The van der Waals surface area contributed by atoms with E-state index in [1.54, 1.807) is 6.07 Å². The Morgan fingerprint density at radius 3 is 3.00 bits per heavy atom. The van der Waals surface area contributed by atoms with Gasteiger partial charge >= 0.3 is 0 Å². The molecule has 1 saturated heterocycles. The molecule has 1 amide bonds. The fourth-order valence-electron chi connectivity index (χ4n) is 1.64. The van der Waals surface area contributed by atoms with Gasteiger partial charge in [-0.2, -0.15) is 0 Å². The second kappa shape index (κ2) is 4.49. The van der Waals surface area contributed by atoms with E-state index < -0.39 is 0 Å². The van der Waals surface area contributed by atoms with Crippen LogP contribution in [0.25, 0.3) is 0 Å². The van der Waals surface area contributed by atoms with Gasteiger partial charge in [0.25, 0.3) is 0 Å². The van der Waals surface area contributed by atoms with E-state index in [4.69, 9.17) is 9.47 Å². The molecule has 0 radical (unpaired) electrons. The van der Waals surface area contributed by atoms with Crippen LogP contribution in [0.3, 0.4) is 0 Å². The molecule has 86 valence electrons. The third-order valence-corrected chi connectivity index (χ3v) is 2.44. The van der Waals surface area contributed by atoms with E-state index in [0.29, 0.717) is 12.3 Å². The first-order valence-electron chi connectivity index (χ1n) is 4.92. The number of hydrogen-bond donors (Lipinski definition) is 1. The molecule has 1 aromatic rings. The fourth-order valence-corrected chi connectivity index (χ4v) is 1.64. The molecule has 0 saturated carbocycles. The normalized spacial score (nSPS) is 20.4. The van der Waals surface area contributed by atoms with Crippen LogP contribution >= 0.6 is 0 Å². The van der Waals surface area contributed by atoms with Crippen molar-refractivity contribution in [1.82, 2.24) is 5.32 Å². The van der Waals surface area contributed by atoms with Crippen LogP contribution in [0.4, 0.5) is 4.39 Å². The van der Waals surface area contributed by atoms with Gasteiger partial charge < -0.3 is 14.8 Å². The molecule has 0 unspecified atom stereocenters. The van der Waals surface area contributed by atoms with E-state index in [0.717, 1.165) is 5.56 Å². The van der Waals surface area contributed by atoms with Gasteiger partial charge in [0.1, 0.15) is 24.3 Å². The molecule has 4 nitrogen and oxygen atoms in total. The van der Waals surface area contributed by atoms with Crippen molar-refractivity contribution in [2.45, 2.75) is 6.10 Å². The van der Waals surface area contributed by atoms with Crippen molar-refractivity contribution in [3.8, 4) is 5.75 Å². The summed E-state index contributed by atoms with van der Waals surface area (Å²) in [5.41, 5.74) is 0.740. The summed E-state index contributed by atoms with van der Waals surface area (Å²) in [6, 6.07) is 4.25. The number of hydrogen-bond acceptors (Lipinski definition) is 3. The molecular formula is C11H12FNO3. The maximum Gasteiger partial charge on any atom is 0.246 e. The molecule has 1 fully saturated rings. The Morgan fingerprint density at radius 1 is 1.56 bits per heavy atom. The highest BCUT2D eigenvalue weighted by Gasteiger charge is 2.23. The molecule has 2 rings (SSSR count). The topological polar surface area (TPSA) is 47.6 Å². The predicted molar refractivity (Wildman–Crippen MR) is 54.7 cm³/mol. The summed E-state index contributed by atoms with van der Waals surface area (Å²) >= 11 is 0. The lowest BCUT2D eigenvalue weighted by atomic mass is 10.1. The van der Waals surface area contributed by atoms with Crippen LogP contribution in [0.2, 0.25) is 0 Å². The highest BCUT2D eigenvalue weighted by molar-refractivity contribution is 5.77. The SMILES string of the molecule is COc1cc(F)ccc1[C@@H]1CNC(=O)CO1. The van der Waals surface area contributed by atoms with E-state index >= 15 is 0 Å². The van der Waals surface area contributed by atoms with Crippen LogP contribution in [-0.2, 0) is 9.53 Å². The van der Waals surface area contributed by atoms with Crippen molar-refractivity contribution in [2.24, 2.45) is 0 Å². The first-order valence-corrected chi connectivity index (χ1v) is 4.92. The van der Waals surface area contributed by atoms with E-state index in [-0.39, 0.29) is 24.4 Å². The maximum absolute atomic E-state index is 13.0. The number of morpholine rings is 1. The van der Waals surface area contributed by atoms with Gasteiger partial charge in [-0.1, -0.05) is 0 Å². The molecule has 1 aromatic carbocycles. The molecule has 0 spiro atoms. The number of nitrogens with one attached hydrogen (secondary N) is 1. The molecule has 0 aromatic heterocycles. The molecule has 0 bridgehead atoms. The van der Waals surface area contributed by atoms with Crippen molar-refractivity contribution in [1.29, 1.82) is 0 Å². The zero-order valence-corrected chi connectivity index (χ0v) is 8.83. The molecule has 0 aliphatic carbocycles. The van der Waals surface area contributed by atoms with Gasteiger partial charge in [0.15, 0.2) is 0 Å². The molecule has 1 atom stereocenters. The summed E-state index contributed by atoms with van der Waals surface area (Å²) in [5, 5.41) is 2.68. The Kier molecular flexibility index (Phi) is 3.05. The Labute approximate surface area is 92.4 Å². The number of amides is 1. The lowest BCUT2D eigenvalue weighted by molar-refractivity contribution is -0.133. The third-order valence-electron chi connectivity index (χ3n) is 2.44. The Balaban J connectivity index is 2.22. The first kappa shape index (κ1) is 10.9. The van der Waals surface area contributed by atoms with Gasteiger partial charge in [0, 0.05) is 18.2 Å². The van der Waals surface area contributed by atoms with Gasteiger partial charge in [-0.3, -0.25) is 4.79 Å². The van der Waals surface area contributed by atoms with Crippen LogP contribution in [-0.4, -0.2) is 26.2 Å². The van der Waals surface area contributed by atoms with E-state index in [1.807, 2.05) is 0 Å². The number of rotatable bonds is 2. The molecule has 16 heavy (non-hydrogen) atoms. The molecule has 5 heteroatoms. The summed E-state index contributed by atoms with van der Waals surface area (Å²) in [7, 11) is 1.47. The Hall–Kier alpha value is -1.62. The van der Waals surface area contributed by atoms with Gasteiger partial charge in [-0.15, -0.1) is 0 Å². The number of ether oxygens (including phenoxy) is 2. The minimum Gasteiger partial charge on any atom is -0.496 e. The van der Waals surface area contributed by atoms with Gasteiger partial charge in [-0.05, 0) is 12.1 Å². The summed E-state index contributed by atoms with van der Waals surface area (Å²) in [4.78, 5) is 10.9. The number of carbonyl (C=O) groups excluding carboxylic acids is 1. The van der Waals surface area contributed by atoms with Gasteiger partial charge in [0.2, 0.25) is 5.91 Å². The minimum atomic E-state index is -0.361. The number of carbonyl (C=O) groups is 1. The molecule has 1 aliphatic heterocycles. The highest BCUT2D eigenvalue weighted by atomic mass is 19.1. The zero-order chi connectivity index (χ0) is 11.5. The monoisotopic (exact) mass is 225 g/mol. The van der Waals surface area contributed by atoms with E-state index in [9.17, 15) is 9.18 Å². The average molecular weight is 225 g/mol. The second-order valence-corrected chi connectivity index (χ2v) is 3.49. The van der Waals surface area contributed by atoms with Gasteiger partial charge in [-0.25, -0.2) is 4.39 Å². The molecular weight excluding hydrogens is 213 g/mol. The maximum atomic E-state index is 13.0. The van der Waals surface area contributed by atoms with E-state index in [1.165, 1.54) is 19.2 Å². The fraction of sp³-hybridized carbons (Fsp3) is 0.364. The van der Waals surface area contributed by atoms with Crippen LogP contribution < -0.4 is 10.1 Å². The largest absolute Gasteiger partial charge is 0.496 e. The standard InChI is InChI=1S/C11H12FNO3/c1-15-9-4-7(12)2-3-8(9)10-5-13-11(14)6-16-10/h2-4,10H,5-6H2,1H3,(H,13,14)/t10-/m0/s1. The molecule has 1 heterocycles. The van der Waals surface area contributed by atoms with Crippen LogP contribution in [0, 0.1) is 5.82 Å². The average Bonchev–Trinajstić information content (AvgIpc) is 2.30. The summed E-state index contributed by atoms with van der Waals surface area (Å²) in [6.45, 7) is 0.395. The van der Waals surface area contributed by atoms with Crippen molar-refractivity contribution in [2.75, 3.05) is 20.3 Å².